The third-order valence-corrected chi connectivity index (χ3v) is 4.27. The first-order valence-electron chi connectivity index (χ1n) is 7.54. The van der Waals surface area contributed by atoms with Gasteiger partial charge in [0.2, 0.25) is 0 Å². The van der Waals surface area contributed by atoms with Gasteiger partial charge in [-0.1, -0.05) is 35.9 Å². The van der Waals surface area contributed by atoms with Crippen LogP contribution in [-0.2, 0) is 0 Å². The maximum atomic E-state index is 6.69. The van der Waals surface area contributed by atoms with E-state index < -0.39 is 0 Å². The molecule has 0 fully saturated rings. The van der Waals surface area contributed by atoms with Gasteiger partial charge in [-0.25, -0.2) is 0 Å². The van der Waals surface area contributed by atoms with Crippen molar-refractivity contribution in [1.29, 1.82) is 0 Å². The first kappa shape index (κ1) is 15.9. The van der Waals surface area contributed by atoms with Crippen LogP contribution in [-0.4, -0.2) is 13.1 Å². The van der Waals surface area contributed by atoms with Crippen molar-refractivity contribution in [2.45, 2.75) is 33.1 Å². The molecule has 2 rings (SSSR count). The molecule has 0 aliphatic heterocycles. The molecule has 21 heavy (non-hydrogen) atoms. The molecule has 0 amide bonds. The summed E-state index contributed by atoms with van der Waals surface area (Å²) in [5.74, 6) is 0. The van der Waals surface area contributed by atoms with Crippen molar-refractivity contribution in [3.05, 3.63) is 64.7 Å². The van der Waals surface area contributed by atoms with Crippen molar-refractivity contribution in [2.75, 3.05) is 18.0 Å². The summed E-state index contributed by atoms with van der Waals surface area (Å²) in [5, 5.41) is 0.00561. The van der Waals surface area contributed by atoms with Gasteiger partial charge in [-0.3, -0.25) is 0 Å². The Hall–Kier alpha value is -1.47. The molecule has 2 aromatic rings. The second-order valence-corrected chi connectivity index (χ2v) is 6.23. The van der Waals surface area contributed by atoms with Gasteiger partial charge in [-0.05, 0) is 56.5 Å². The summed E-state index contributed by atoms with van der Waals surface area (Å²) in [4.78, 5) is 2.34. The molecule has 0 radical (unpaired) electrons. The number of hydrogen-bond donors (Lipinski definition) is 0. The SMILES string of the molecule is CCN(CC(Cl)c1ccc(C)cc1C)c1cccc(C)c1. The van der Waals surface area contributed by atoms with Crippen LogP contribution in [0.4, 0.5) is 5.69 Å². The van der Waals surface area contributed by atoms with Crippen LogP contribution in [0.1, 0.15) is 34.6 Å². The van der Waals surface area contributed by atoms with E-state index in [4.69, 9.17) is 11.6 Å². The Morgan fingerprint density at radius 2 is 1.71 bits per heavy atom. The van der Waals surface area contributed by atoms with Crippen LogP contribution < -0.4 is 4.90 Å². The predicted molar refractivity (Wildman–Crippen MR) is 93.6 cm³/mol. The van der Waals surface area contributed by atoms with Crippen molar-refractivity contribution < 1.29 is 0 Å². The number of hydrogen-bond acceptors (Lipinski definition) is 1. The van der Waals surface area contributed by atoms with Crippen LogP contribution in [0.5, 0.6) is 0 Å². The summed E-state index contributed by atoms with van der Waals surface area (Å²) in [6.45, 7) is 10.3. The number of alkyl halides is 1. The summed E-state index contributed by atoms with van der Waals surface area (Å²) in [6.07, 6.45) is 0. The van der Waals surface area contributed by atoms with Crippen molar-refractivity contribution in [3.8, 4) is 0 Å². The highest BCUT2D eigenvalue weighted by molar-refractivity contribution is 6.21. The molecular formula is C19H24ClN. The minimum absolute atomic E-state index is 0.00561. The minimum atomic E-state index is 0.00561. The number of nitrogens with zero attached hydrogens (tertiary/aromatic N) is 1. The molecule has 0 bridgehead atoms. The smallest absolute Gasteiger partial charge is 0.0762 e. The van der Waals surface area contributed by atoms with Crippen LogP contribution in [0.15, 0.2) is 42.5 Å². The van der Waals surface area contributed by atoms with E-state index in [2.05, 4.69) is 75.1 Å². The molecule has 1 atom stereocenters. The molecule has 0 N–H and O–H groups in total. The second-order valence-electron chi connectivity index (χ2n) is 5.71. The number of anilines is 1. The number of halogens is 1. The average molecular weight is 302 g/mol. The van der Waals surface area contributed by atoms with E-state index >= 15 is 0 Å². The third-order valence-electron chi connectivity index (χ3n) is 3.89. The molecule has 0 spiro atoms. The molecule has 0 heterocycles. The van der Waals surface area contributed by atoms with Gasteiger partial charge in [0.1, 0.15) is 0 Å². The highest BCUT2D eigenvalue weighted by Crippen LogP contribution is 2.27. The first-order chi connectivity index (χ1) is 10.0. The summed E-state index contributed by atoms with van der Waals surface area (Å²) in [6, 6.07) is 15.1. The van der Waals surface area contributed by atoms with Gasteiger partial charge in [0.25, 0.3) is 0 Å². The Morgan fingerprint density at radius 1 is 1.00 bits per heavy atom. The van der Waals surface area contributed by atoms with Gasteiger partial charge in [-0.15, -0.1) is 11.6 Å². The zero-order chi connectivity index (χ0) is 15.4. The Labute approximate surface area is 133 Å². The lowest BCUT2D eigenvalue weighted by Crippen LogP contribution is -2.27. The number of aryl methyl sites for hydroxylation is 3. The van der Waals surface area contributed by atoms with E-state index in [0.29, 0.717) is 0 Å². The minimum Gasteiger partial charge on any atom is -0.370 e. The largest absolute Gasteiger partial charge is 0.370 e. The van der Waals surface area contributed by atoms with Gasteiger partial charge in [0, 0.05) is 18.8 Å². The molecule has 112 valence electrons. The lowest BCUT2D eigenvalue weighted by Gasteiger charge is -2.27. The zero-order valence-electron chi connectivity index (χ0n) is 13.4. The fourth-order valence-electron chi connectivity index (χ4n) is 2.71. The van der Waals surface area contributed by atoms with Gasteiger partial charge >= 0.3 is 0 Å². The topological polar surface area (TPSA) is 3.24 Å². The highest BCUT2D eigenvalue weighted by atomic mass is 35.5. The highest BCUT2D eigenvalue weighted by Gasteiger charge is 2.15. The fraction of sp³-hybridized carbons (Fsp3) is 0.368. The molecule has 2 aromatic carbocycles. The predicted octanol–water partition coefficient (Wildman–Crippen LogP) is 5.42. The van der Waals surface area contributed by atoms with Crippen LogP contribution >= 0.6 is 11.6 Å². The van der Waals surface area contributed by atoms with Crippen LogP contribution in [0.2, 0.25) is 0 Å². The van der Waals surface area contributed by atoms with E-state index in [-0.39, 0.29) is 5.38 Å². The lowest BCUT2D eigenvalue weighted by atomic mass is 10.0. The Kier molecular flexibility index (Phi) is 5.30. The Morgan fingerprint density at radius 3 is 2.33 bits per heavy atom. The zero-order valence-corrected chi connectivity index (χ0v) is 14.1. The lowest BCUT2D eigenvalue weighted by molar-refractivity contribution is 0.787. The Bertz CT molecular complexity index is 606. The number of rotatable bonds is 5. The molecule has 0 saturated heterocycles. The maximum Gasteiger partial charge on any atom is 0.0762 e. The normalized spacial score (nSPS) is 12.2. The van der Waals surface area contributed by atoms with Gasteiger partial charge < -0.3 is 4.90 Å². The van der Waals surface area contributed by atoms with Crippen molar-refractivity contribution in [3.63, 3.8) is 0 Å². The summed E-state index contributed by atoms with van der Waals surface area (Å²) >= 11 is 6.69. The van der Waals surface area contributed by atoms with Crippen molar-refractivity contribution >= 4 is 17.3 Å². The monoisotopic (exact) mass is 301 g/mol. The molecule has 0 saturated carbocycles. The maximum absolute atomic E-state index is 6.69. The van der Waals surface area contributed by atoms with Gasteiger partial charge in [0.05, 0.1) is 5.38 Å². The second kappa shape index (κ2) is 7.00. The Balaban J connectivity index is 2.18. The van der Waals surface area contributed by atoms with E-state index in [0.717, 1.165) is 13.1 Å². The molecular weight excluding hydrogens is 278 g/mol. The average Bonchev–Trinajstić information content (AvgIpc) is 2.44. The molecule has 0 aliphatic rings. The van der Waals surface area contributed by atoms with Crippen molar-refractivity contribution in [2.24, 2.45) is 0 Å². The quantitative estimate of drug-likeness (QED) is 0.667. The number of likely N-dealkylation sites (N-methyl/N-ethyl adjacent to an activating group) is 1. The summed E-state index contributed by atoms with van der Waals surface area (Å²) in [7, 11) is 0. The fourth-order valence-corrected chi connectivity index (χ4v) is 3.12. The first-order valence-corrected chi connectivity index (χ1v) is 7.97. The standard InChI is InChI=1S/C19H24ClN/c1-5-21(17-8-6-7-14(2)12-17)13-19(20)18-10-9-15(3)11-16(18)4/h6-12,19H,5,13H2,1-4H3. The molecule has 1 unspecified atom stereocenters. The summed E-state index contributed by atoms with van der Waals surface area (Å²) < 4.78 is 0. The van der Waals surface area contributed by atoms with Gasteiger partial charge in [0.15, 0.2) is 0 Å². The molecule has 0 aromatic heterocycles. The van der Waals surface area contributed by atoms with Crippen molar-refractivity contribution in [1.82, 2.24) is 0 Å². The molecule has 1 nitrogen and oxygen atoms in total. The van der Waals surface area contributed by atoms with Crippen LogP contribution in [0.25, 0.3) is 0 Å². The number of benzene rings is 2. The van der Waals surface area contributed by atoms with E-state index in [1.807, 2.05) is 0 Å². The van der Waals surface area contributed by atoms with E-state index in [9.17, 15) is 0 Å². The van der Waals surface area contributed by atoms with Crippen LogP contribution in [0, 0.1) is 20.8 Å². The van der Waals surface area contributed by atoms with Crippen LogP contribution in [0.3, 0.4) is 0 Å². The molecule has 2 heteroatoms. The summed E-state index contributed by atoms with van der Waals surface area (Å²) in [5.41, 5.74) is 6.31. The van der Waals surface area contributed by atoms with E-state index in [1.54, 1.807) is 0 Å². The van der Waals surface area contributed by atoms with E-state index in [1.165, 1.54) is 27.9 Å². The van der Waals surface area contributed by atoms with Gasteiger partial charge in [-0.2, -0.15) is 0 Å². The third kappa shape index (κ3) is 4.01. The molecule has 0 aliphatic carbocycles.